The van der Waals surface area contributed by atoms with Crippen molar-refractivity contribution in [1.82, 2.24) is 14.9 Å². The van der Waals surface area contributed by atoms with Gasteiger partial charge in [0.25, 0.3) is 5.56 Å². The maximum absolute atomic E-state index is 12.9. The van der Waals surface area contributed by atoms with Gasteiger partial charge in [-0.1, -0.05) is 18.2 Å². The van der Waals surface area contributed by atoms with Crippen LogP contribution >= 0.6 is 0 Å². The summed E-state index contributed by atoms with van der Waals surface area (Å²) >= 11 is 0. The summed E-state index contributed by atoms with van der Waals surface area (Å²) < 4.78 is 12.5. The highest BCUT2D eigenvalue weighted by molar-refractivity contribution is 5.78. The third-order valence-electron chi connectivity index (χ3n) is 5.64. The van der Waals surface area contributed by atoms with Gasteiger partial charge in [0.1, 0.15) is 5.82 Å². The third kappa shape index (κ3) is 3.51. The Bertz CT molecular complexity index is 1180. The third-order valence-corrected chi connectivity index (χ3v) is 5.64. The Labute approximate surface area is 173 Å². The minimum Gasteiger partial charge on any atom is -0.454 e. The number of carbonyl (C=O) groups excluding carboxylic acids is 1. The summed E-state index contributed by atoms with van der Waals surface area (Å²) in [5.41, 5.74) is 1.63. The molecule has 1 aliphatic heterocycles. The van der Waals surface area contributed by atoms with Gasteiger partial charge in [0, 0.05) is 18.9 Å². The largest absolute Gasteiger partial charge is 0.454 e. The van der Waals surface area contributed by atoms with Crippen LogP contribution in [0.4, 0.5) is 0 Å². The predicted molar refractivity (Wildman–Crippen MR) is 112 cm³/mol. The Morgan fingerprint density at radius 2 is 2.00 bits per heavy atom. The molecule has 0 radical (unpaired) electrons. The van der Waals surface area contributed by atoms with E-state index in [1.807, 2.05) is 49.4 Å². The summed E-state index contributed by atoms with van der Waals surface area (Å²) in [7, 11) is 0. The van der Waals surface area contributed by atoms with Gasteiger partial charge in [-0.3, -0.25) is 14.2 Å². The van der Waals surface area contributed by atoms with Crippen LogP contribution in [0.5, 0.6) is 11.5 Å². The first-order chi connectivity index (χ1) is 14.6. The zero-order valence-corrected chi connectivity index (χ0v) is 16.8. The molecule has 3 aromatic rings. The smallest absolute Gasteiger partial charge is 0.261 e. The number of aromatic nitrogens is 2. The van der Waals surface area contributed by atoms with Crippen LogP contribution in [0.25, 0.3) is 10.9 Å². The molecule has 7 heteroatoms. The van der Waals surface area contributed by atoms with Gasteiger partial charge in [0.05, 0.1) is 16.9 Å². The molecule has 1 saturated carbocycles. The van der Waals surface area contributed by atoms with Crippen molar-refractivity contribution in [3.63, 3.8) is 0 Å². The van der Waals surface area contributed by atoms with Crippen LogP contribution in [-0.4, -0.2) is 22.3 Å². The van der Waals surface area contributed by atoms with Gasteiger partial charge in [-0.25, -0.2) is 4.98 Å². The predicted octanol–water partition coefficient (Wildman–Crippen LogP) is 3.27. The number of carbonyl (C=O) groups is 1. The molecule has 1 unspecified atom stereocenters. The first-order valence-electron chi connectivity index (χ1n) is 10.3. The lowest BCUT2D eigenvalue weighted by Crippen LogP contribution is -2.29. The first kappa shape index (κ1) is 18.7. The van der Waals surface area contributed by atoms with Crippen molar-refractivity contribution >= 4 is 16.8 Å². The van der Waals surface area contributed by atoms with E-state index < -0.39 is 0 Å². The lowest BCUT2D eigenvalue weighted by atomic mass is 10.1. The van der Waals surface area contributed by atoms with Gasteiger partial charge >= 0.3 is 0 Å². The second-order valence-corrected chi connectivity index (χ2v) is 7.85. The molecule has 1 N–H and O–H groups in total. The average Bonchev–Trinajstić information content (AvgIpc) is 3.47. The minimum absolute atomic E-state index is 0.00719. The summed E-state index contributed by atoms with van der Waals surface area (Å²) in [5.74, 6) is 2.03. The van der Waals surface area contributed by atoms with Crippen molar-refractivity contribution in [3.8, 4) is 11.5 Å². The maximum atomic E-state index is 12.9. The molecule has 2 aromatic carbocycles. The zero-order valence-electron chi connectivity index (χ0n) is 16.8. The molecule has 154 valence electrons. The van der Waals surface area contributed by atoms with E-state index in [9.17, 15) is 9.59 Å². The Morgan fingerprint density at radius 1 is 1.20 bits per heavy atom. The van der Waals surface area contributed by atoms with E-state index in [1.165, 1.54) is 0 Å². The number of hydrogen-bond acceptors (Lipinski definition) is 5. The second kappa shape index (κ2) is 7.48. The SMILES string of the molecule is CC(NC(=O)CCc1nc2ccccc2c(=O)n1C1CC1)c1ccc2c(c1)OCO2. The van der Waals surface area contributed by atoms with Gasteiger partial charge < -0.3 is 14.8 Å². The van der Waals surface area contributed by atoms with Crippen LogP contribution in [-0.2, 0) is 11.2 Å². The van der Waals surface area contributed by atoms with Gasteiger partial charge in [-0.2, -0.15) is 0 Å². The molecule has 0 saturated heterocycles. The molecule has 1 aromatic heterocycles. The van der Waals surface area contributed by atoms with Crippen LogP contribution in [0.15, 0.2) is 47.3 Å². The number of nitrogens with one attached hydrogen (secondary N) is 1. The fourth-order valence-corrected chi connectivity index (χ4v) is 3.88. The fourth-order valence-electron chi connectivity index (χ4n) is 3.88. The summed E-state index contributed by atoms with van der Waals surface area (Å²) in [6.07, 6.45) is 2.67. The van der Waals surface area contributed by atoms with E-state index in [-0.39, 0.29) is 36.8 Å². The van der Waals surface area contributed by atoms with Crippen molar-refractivity contribution in [1.29, 1.82) is 0 Å². The molecule has 2 aliphatic rings. The molecule has 1 aliphatic carbocycles. The number of ether oxygens (including phenoxy) is 2. The van der Waals surface area contributed by atoms with Crippen molar-refractivity contribution in [3.05, 3.63) is 64.2 Å². The van der Waals surface area contributed by atoms with Gasteiger partial charge in [0.15, 0.2) is 11.5 Å². The van der Waals surface area contributed by atoms with E-state index in [4.69, 9.17) is 14.5 Å². The van der Waals surface area contributed by atoms with E-state index in [2.05, 4.69) is 5.32 Å². The number of rotatable bonds is 6. The van der Waals surface area contributed by atoms with Crippen molar-refractivity contribution in [2.45, 2.75) is 44.7 Å². The van der Waals surface area contributed by atoms with Crippen LogP contribution in [0.3, 0.4) is 0 Å². The van der Waals surface area contributed by atoms with E-state index >= 15 is 0 Å². The van der Waals surface area contributed by atoms with Crippen LogP contribution < -0.4 is 20.3 Å². The maximum Gasteiger partial charge on any atom is 0.261 e. The van der Waals surface area contributed by atoms with Crippen molar-refractivity contribution in [2.24, 2.45) is 0 Å². The molecule has 30 heavy (non-hydrogen) atoms. The lowest BCUT2D eigenvalue weighted by molar-refractivity contribution is -0.121. The highest BCUT2D eigenvalue weighted by Crippen LogP contribution is 2.35. The number of benzene rings is 2. The molecule has 0 bridgehead atoms. The van der Waals surface area contributed by atoms with Crippen LogP contribution in [0, 0.1) is 0 Å². The Kier molecular flexibility index (Phi) is 4.65. The standard InChI is InChI=1S/C23H23N3O4/c1-14(15-6-9-19-20(12-15)30-13-29-19)24-22(27)11-10-21-25-18-5-3-2-4-17(18)23(28)26(21)16-7-8-16/h2-6,9,12,14,16H,7-8,10-11,13H2,1H3,(H,24,27). The Hall–Kier alpha value is -3.35. The van der Waals surface area contributed by atoms with Crippen molar-refractivity contribution < 1.29 is 14.3 Å². The topological polar surface area (TPSA) is 82.5 Å². The lowest BCUT2D eigenvalue weighted by Gasteiger charge is -2.16. The number of nitrogens with zero attached hydrogens (tertiary/aromatic N) is 2. The summed E-state index contributed by atoms with van der Waals surface area (Å²) in [4.78, 5) is 30.2. The van der Waals surface area contributed by atoms with Crippen LogP contribution in [0.2, 0.25) is 0 Å². The molecule has 5 rings (SSSR count). The molecule has 1 atom stereocenters. The highest BCUT2D eigenvalue weighted by atomic mass is 16.7. The number of fused-ring (bicyclic) bond motifs is 2. The summed E-state index contributed by atoms with van der Waals surface area (Å²) in [6.45, 7) is 2.16. The fraction of sp³-hybridized carbons (Fsp3) is 0.348. The van der Waals surface area contributed by atoms with Gasteiger partial charge in [0.2, 0.25) is 12.7 Å². The number of amides is 1. The van der Waals surface area contributed by atoms with Gasteiger partial charge in [-0.05, 0) is 49.6 Å². The molecule has 2 heterocycles. The van der Waals surface area contributed by atoms with Crippen LogP contribution in [0.1, 0.15) is 49.7 Å². The first-order valence-corrected chi connectivity index (χ1v) is 10.3. The van der Waals surface area contributed by atoms with Crippen molar-refractivity contribution in [2.75, 3.05) is 6.79 Å². The van der Waals surface area contributed by atoms with E-state index in [0.29, 0.717) is 28.9 Å². The summed E-state index contributed by atoms with van der Waals surface area (Å²) in [6, 6.07) is 13.1. The van der Waals surface area contributed by atoms with Gasteiger partial charge in [-0.15, -0.1) is 0 Å². The second-order valence-electron chi connectivity index (χ2n) is 7.85. The zero-order chi connectivity index (χ0) is 20.7. The Morgan fingerprint density at radius 3 is 2.83 bits per heavy atom. The Balaban J connectivity index is 1.30. The number of para-hydroxylation sites is 1. The van der Waals surface area contributed by atoms with E-state index in [1.54, 1.807) is 4.57 Å². The minimum atomic E-state index is -0.165. The molecular formula is C23H23N3O4. The molecular weight excluding hydrogens is 382 g/mol. The molecule has 1 amide bonds. The number of hydrogen-bond donors (Lipinski definition) is 1. The quantitative estimate of drug-likeness (QED) is 0.681. The highest BCUT2D eigenvalue weighted by Gasteiger charge is 2.28. The normalized spacial score (nSPS) is 15.9. The molecule has 1 fully saturated rings. The molecule has 7 nitrogen and oxygen atoms in total. The monoisotopic (exact) mass is 405 g/mol. The summed E-state index contributed by atoms with van der Waals surface area (Å²) in [5, 5.41) is 3.66. The molecule has 0 spiro atoms. The van der Waals surface area contributed by atoms with E-state index in [0.717, 1.165) is 24.2 Å². The number of aryl methyl sites for hydroxylation is 1. The average molecular weight is 405 g/mol.